The van der Waals surface area contributed by atoms with E-state index in [4.69, 9.17) is 21.1 Å². The lowest BCUT2D eigenvalue weighted by Gasteiger charge is -2.12. The van der Waals surface area contributed by atoms with Gasteiger partial charge in [0.05, 0.1) is 14.2 Å². The Labute approximate surface area is 169 Å². The summed E-state index contributed by atoms with van der Waals surface area (Å²) >= 11 is 6.01. The van der Waals surface area contributed by atoms with Crippen LogP contribution in [0.15, 0.2) is 48.8 Å². The van der Waals surface area contributed by atoms with Crippen LogP contribution in [0, 0.1) is 6.92 Å². The third-order valence-corrected chi connectivity index (χ3v) is 4.52. The molecule has 2 aromatic carbocycles. The van der Waals surface area contributed by atoms with Gasteiger partial charge in [-0.05, 0) is 54.8 Å². The summed E-state index contributed by atoms with van der Waals surface area (Å²) in [5.74, 6) is 2.92. The zero-order valence-corrected chi connectivity index (χ0v) is 16.9. The standard InChI is InChI=1S/C21H23ClN4O2/c1-14-10-16(22)5-6-17(14)26-21-12-20(24-13-25-21)23-9-8-15-4-7-18(27-2)19(11-15)28-3/h4-7,10-13H,8-9H2,1-3H3,(H2,23,24,25,26). The fourth-order valence-corrected chi connectivity index (χ4v) is 3.03. The molecule has 0 atom stereocenters. The van der Waals surface area contributed by atoms with Gasteiger partial charge < -0.3 is 20.1 Å². The first-order chi connectivity index (χ1) is 13.6. The van der Waals surface area contributed by atoms with E-state index in [0.717, 1.165) is 47.1 Å². The molecule has 28 heavy (non-hydrogen) atoms. The molecule has 7 heteroatoms. The molecule has 1 aromatic heterocycles. The maximum atomic E-state index is 6.01. The number of ether oxygens (including phenoxy) is 2. The van der Waals surface area contributed by atoms with Crippen LogP contribution in [0.2, 0.25) is 5.02 Å². The first-order valence-corrected chi connectivity index (χ1v) is 9.27. The summed E-state index contributed by atoms with van der Waals surface area (Å²) in [6, 6.07) is 13.5. The third-order valence-electron chi connectivity index (χ3n) is 4.29. The Bertz CT molecular complexity index is 949. The Morgan fingerprint density at radius 2 is 1.71 bits per heavy atom. The number of rotatable bonds is 8. The van der Waals surface area contributed by atoms with E-state index in [1.807, 2.05) is 49.4 Å². The number of anilines is 3. The summed E-state index contributed by atoms with van der Waals surface area (Å²) in [6.45, 7) is 2.73. The van der Waals surface area contributed by atoms with E-state index in [9.17, 15) is 0 Å². The highest BCUT2D eigenvalue weighted by molar-refractivity contribution is 6.30. The first-order valence-electron chi connectivity index (χ1n) is 8.89. The summed E-state index contributed by atoms with van der Waals surface area (Å²) in [5.41, 5.74) is 3.16. The van der Waals surface area contributed by atoms with Crippen LogP contribution in [0.4, 0.5) is 17.3 Å². The summed E-state index contributed by atoms with van der Waals surface area (Å²) in [5, 5.41) is 7.33. The molecule has 2 N–H and O–H groups in total. The third kappa shape index (κ3) is 5.04. The molecule has 1 heterocycles. The van der Waals surface area contributed by atoms with Crippen LogP contribution in [-0.4, -0.2) is 30.7 Å². The van der Waals surface area contributed by atoms with Gasteiger partial charge in [-0.15, -0.1) is 0 Å². The number of aromatic nitrogens is 2. The van der Waals surface area contributed by atoms with Crippen LogP contribution in [0.1, 0.15) is 11.1 Å². The maximum Gasteiger partial charge on any atom is 0.160 e. The van der Waals surface area contributed by atoms with E-state index in [0.29, 0.717) is 10.8 Å². The minimum absolute atomic E-state index is 0.711. The van der Waals surface area contributed by atoms with E-state index < -0.39 is 0 Å². The summed E-state index contributed by atoms with van der Waals surface area (Å²) < 4.78 is 10.6. The second kappa shape index (κ2) is 9.28. The Morgan fingerprint density at radius 3 is 2.46 bits per heavy atom. The van der Waals surface area contributed by atoms with Crippen molar-refractivity contribution in [2.24, 2.45) is 0 Å². The SMILES string of the molecule is COc1ccc(CCNc2cc(Nc3ccc(Cl)cc3C)ncn2)cc1OC. The van der Waals surface area contributed by atoms with Crippen molar-refractivity contribution in [3.63, 3.8) is 0 Å². The van der Waals surface area contributed by atoms with E-state index in [1.165, 1.54) is 6.33 Å². The number of halogens is 1. The van der Waals surface area contributed by atoms with Gasteiger partial charge in [-0.25, -0.2) is 9.97 Å². The van der Waals surface area contributed by atoms with Crippen molar-refractivity contribution in [2.45, 2.75) is 13.3 Å². The summed E-state index contributed by atoms with van der Waals surface area (Å²) in [4.78, 5) is 8.56. The van der Waals surface area contributed by atoms with E-state index >= 15 is 0 Å². The number of nitrogens with one attached hydrogen (secondary N) is 2. The van der Waals surface area contributed by atoms with Gasteiger partial charge in [0.15, 0.2) is 11.5 Å². The second-order valence-corrected chi connectivity index (χ2v) is 6.68. The van der Waals surface area contributed by atoms with E-state index in [2.05, 4.69) is 20.6 Å². The summed E-state index contributed by atoms with van der Waals surface area (Å²) in [7, 11) is 3.27. The van der Waals surface area contributed by atoms with Gasteiger partial charge in [-0.2, -0.15) is 0 Å². The van der Waals surface area contributed by atoms with E-state index in [1.54, 1.807) is 14.2 Å². The van der Waals surface area contributed by atoms with Gasteiger partial charge >= 0.3 is 0 Å². The topological polar surface area (TPSA) is 68.3 Å². The van der Waals surface area contributed by atoms with Gasteiger partial charge in [0, 0.05) is 23.3 Å². The molecule has 0 saturated carbocycles. The number of hydrogen-bond donors (Lipinski definition) is 2. The average molecular weight is 399 g/mol. The number of methoxy groups -OCH3 is 2. The molecule has 0 aliphatic carbocycles. The summed E-state index contributed by atoms with van der Waals surface area (Å²) in [6.07, 6.45) is 2.36. The molecule has 0 spiro atoms. The van der Waals surface area contributed by atoms with Crippen LogP contribution in [-0.2, 0) is 6.42 Å². The molecule has 0 bridgehead atoms. The van der Waals surface area contributed by atoms with Gasteiger partial charge in [0.2, 0.25) is 0 Å². The van der Waals surface area contributed by atoms with Gasteiger partial charge in [0.25, 0.3) is 0 Å². The average Bonchev–Trinajstić information content (AvgIpc) is 2.70. The molecule has 0 fully saturated rings. The number of aryl methyl sites for hydroxylation is 1. The molecule has 0 radical (unpaired) electrons. The maximum absolute atomic E-state index is 6.01. The normalized spacial score (nSPS) is 10.4. The highest BCUT2D eigenvalue weighted by Gasteiger charge is 2.06. The number of benzene rings is 2. The van der Waals surface area contributed by atoms with Crippen LogP contribution < -0.4 is 20.1 Å². The lowest BCUT2D eigenvalue weighted by atomic mass is 10.1. The minimum atomic E-state index is 0.711. The molecule has 3 rings (SSSR count). The largest absolute Gasteiger partial charge is 0.493 e. The zero-order chi connectivity index (χ0) is 19.9. The Kier molecular flexibility index (Phi) is 6.55. The van der Waals surface area contributed by atoms with E-state index in [-0.39, 0.29) is 0 Å². The fraction of sp³-hybridized carbons (Fsp3) is 0.238. The lowest BCUT2D eigenvalue weighted by molar-refractivity contribution is 0.354. The molecule has 0 saturated heterocycles. The van der Waals surface area contributed by atoms with Gasteiger partial charge in [0.1, 0.15) is 18.0 Å². The first kappa shape index (κ1) is 19.8. The fourth-order valence-electron chi connectivity index (χ4n) is 2.80. The Morgan fingerprint density at radius 1 is 0.929 bits per heavy atom. The van der Waals surface area contributed by atoms with Crippen molar-refractivity contribution in [1.29, 1.82) is 0 Å². The molecular weight excluding hydrogens is 376 g/mol. The zero-order valence-electron chi connectivity index (χ0n) is 16.1. The predicted octanol–water partition coefficient (Wildman–Crippen LogP) is 4.85. The highest BCUT2D eigenvalue weighted by atomic mass is 35.5. The second-order valence-electron chi connectivity index (χ2n) is 6.24. The van der Waals surface area contributed by atoms with Gasteiger partial charge in [-0.3, -0.25) is 0 Å². The molecule has 0 aliphatic rings. The lowest BCUT2D eigenvalue weighted by Crippen LogP contribution is -2.07. The van der Waals surface area contributed by atoms with Gasteiger partial charge in [-0.1, -0.05) is 17.7 Å². The van der Waals surface area contributed by atoms with Crippen molar-refractivity contribution in [2.75, 3.05) is 31.4 Å². The monoisotopic (exact) mass is 398 g/mol. The van der Waals surface area contributed by atoms with Crippen molar-refractivity contribution < 1.29 is 9.47 Å². The van der Waals surface area contributed by atoms with Crippen molar-refractivity contribution >= 4 is 28.9 Å². The Balaban J connectivity index is 1.60. The van der Waals surface area contributed by atoms with Crippen LogP contribution in [0.25, 0.3) is 0 Å². The molecule has 146 valence electrons. The van der Waals surface area contributed by atoms with Crippen molar-refractivity contribution in [3.8, 4) is 11.5 Å². The number of nitrogens with zero attached hydrogens (tertiary/aromatic N) is 2. The van der Waals surface area contributed by atoms with Crippen LogP contribution >= 0.6 is 11.6 Å². The Hall–Kier alpha value is -2.99. The van der Waals surface area contributed by atoms with Crippen molar-refractivity contribution in [1.82, 2.24) is 9.97 Å². The molecule has 6 nitrogen and oxygen atoms in total. The quantitative estimate of drug-likeness (QED) is 0.565. The minimum Gasteiger partial charge on any atom is -0.493 e. The molecule has 0 unspecified atom stereocenters. The molecule has 0 aliphatic heterocycles. The van der Waals surface area contributed by atoms with Crippen LogP contribution in [0.5, 0.6) is 11.5 Å². The highest BCUT2D eigenvalue weighted by Crippen LogP contribution is 2.28. The molecule has 0 amide bonds. The number of hydrogen-bond acceptors (Lipinski definition) is 6. The predicted molar refractivity (Wildman–Crippen MR) is 113 cm³/mol. The van der Waals surface area contributed by atoms with Crippen molar-refractivity contribution in [3.05, 3.63) is 64.9 Å². The molecular formula is C21H23ClN4O2. The molecule has 3 aromatic rings. The van der Waals surface area contributed by atoms with Crippen LogP contribution in [0.3, 0.4) is 0 Å². The smallest absolute Gasteiger partial charge is 0.160 e.